The smallest absolute Gasteiger partial charge is 0.410 e. The van der Waals surface area contributed by atoms with Crippen LogP contribution < -0.4 is 0 Å². The highest BCUT2D eigenvalue weighted by Gasteiger charge is 2.47. The van der Waals surface area contributed by atoms with E-state index in [0.717, 1.165) is 0 Å². The molecule has 2 aliphatic heterocycles. The van der Waals surface area contributed by atoms with E-state index in [1.807, 2.05) is 0 Å². The number of fused-ring (bicyclic) bond motifs is 1. The molecule has 2 saturated heterocycles. The summed E-state index contributed by atoms with van der Waals surface area (Å²) in [6.07, 6.45) is -3.97. The van der Waals surface area contributed by atoms with E-state index >= 15 is 0 Å². The Hall–Kier alpha value is -0.850. The van der Waals surface area contributed by atoms with Crippen molar-refractivity contribution >= 4 is 6.09 Å². The van der Waals surface area contributed by atoms with Gasteiger partial charge in [0.05, 0.1) is 12.6 Å². The Morgan fingerprint density at radius 3 is 2.69 bits per heavy atom. The van der Waals surface area contributed by atoms with Crippen LogP contribution in [0.5, 0.6) is 0 Å². The van der Waals surface area contributed by atoms with E-state index in [-0.39, 0.29) is 13.2 Å². The third-order valence-corrected chi connectivity index (χ3v) is 2.53. The van der Waals surface area contributed by atoms with E-state index in [2.05, 4.69) is 4.74 Å². The van der Waals surface area contributed by atoms with E-state index in [1.165, 1.54) is 4.90 Å². The first-order chi connectivity index (χ1) is 6.11. The van der Waals surface area contributed by atoms with Crippen molar-refractivity contribution in [3.8, 4) is 0 Å². The number of piperidine rings is 1. The predicted octanol–water partition coefficient (Wildman–Crippen LogP) is -2.10. The molecule has 3 N–H and O–H groups in total. The number of hydrogen-bond acceptors (Lipinski definition) is 5. The number of nitrogens with zero attached hydrogens (tertiary/aromatic N) is 1. The Labute approximate surface area is 74.3 Å². The lowest BCUT2D eigenvalue weighted by atomic mass is 9.95. The fourth-order valence-corrected chi connectivity index (χ4v) is 1.72. The van der Waals surface area contributed by atoms with E-state index in [4.69, 9.17) is 0 Å². The standard InChI is InChI=1S/C7H11NO5/c9-4-1-8-3(2-13-7(8)12)5(10)6(4)11/h3-6,9-11H,1-2H2/t3?,4-,5+,6+/m0/s1. The minimum Gasteiger partial charge on any atom is -0.447 e. The first-order valence-corrected chi connectivity index (χ1v) is 4.09. The molecule has 0 radical (unpaired) electrons. The molecule has 0 aromatic rings. The molecule has 13 heavy (non-hydrogen) atoms. The van der Waals surface area contributed by atoms with Crippen LogP contribution in [-0.4, -0.2) is 63.8 Å². The summed E-state index contributed by atoms with van der Waals surface area (Å²) in [5, 5.41) is 28.0. The minimum absolute atomic E-state index is 0.0156. The van der Waals surface area contributed by atoms with Gasteiger partial charge in [-0.25, -0.2) is 4.79 Å². The van der Waals surface area contributed by atoms with Gasteiger partial charge >= 0.3 is 6.09 Å². The van der Waals surface area contributed by atoms with Crippen LogP contribution in [0.3, 0.4) is 0 Å². The number of rotatable bonds is 0. The first-order valence-electron chi connectivity index (χ1n) is 4.09. The largest absolute Gasteiger partial charge is 0.447 e. The topological polar surface area (TPSA) is 90.2 Å². The van der Waals surface area contributed by atoms with Gasteiger partial charge < -0.3 is 20.1 Å². The number of aliphatic hydroxyl groups is 3. The monoisotopic (exact) mass is 189 g/mol. The molecule has 6 nitrogen and oxygen atoms in total. The molecule has 0 aromatic carbocycles. The zero-order valence-electron chi connectivity index (χ0n) is 6.83. The fourth-order valence-electron chi connectivity index (χ4n) is 1.72. The number of hydrogen-bond donors (Lipinski definition) is 3. The molecule has 0 bridgehead atoms. The van der Waals surface area contributed by atoms with Crippen molar-refractivity contribution in [3.05, 3.63) is 0 Å². The molecule has 0 saturated carbocycles. The van der Waals surface area contributed by atoms with E-state index in [9.17, 15) is 20.1 Å². The van der Waals surface area contributed by atoms with Gasteiger partial charge in [-0.2, -0.15) is 0 Å². The van der Waals surface area contributed by atoms with Crippen LogP contribution in [-0.2, 0) is 4.74 Å². The molecule has 1 unspecified atom stereocenters. The van der Waals surface area contributed by atoms with Gasteiger partial charge in [-0.15, -0.1) is 0 Å². The summed E-state index contributed by atoms with van der Waals surface area (Å²) in [5.74, 6) is 0. The zero-order valence-corrected chi connectivity index (χ0v) is 6.83. The number of cyclic esters (lactones) is 1. The molecule has 4 atom stereocenters. The van der Waals surface area contributed by atoms with Crippen LogP contribution in [0.25, 0.3) is 0 Å². The molecular formula is C7H11NO5. The fraction of sp³-hybridized carbons (Fsp3) is 0.857. The van der Waals surface area contributed by atoms with Gasteiger partial charge in [-0.3, -0.25) is 4.90 Å². The number of carbonyl (C=O) groups excluding carboxylic acids is 1. The maximum atomic E-state index is 11.0. The van der Waals surface area contributed by atoms with Crippen molar-refractivity contribution in [2.24, 2.45) is 0 Å². The van der Waals surface area contributed by atoms with Crippen LogP contribution >= 0.6 is 0 Å². The molecule has 2 fully saturated rings. The Morgan fingerprint density at radius 1 is 1.31 bits per heavy atom. The molecule has 74 valence electrons. The van der Waals surface area contributed by atoms with Gasteiger partial charge in [0, 0.05) is 0 Å². The molecule has 0 aliphatic carbocycles. The normalized spacial score (nSPS) is 44.5. The Bertz CT molecular complexity index is 233. The third kappa shape index (κ3) is 1.18. The van der Waals surface area contributed by atoms with Gasteiger partial charge in [0.25, 0.3) is 0 Å². The summed E-state index contributed by atoms with van der Waals surface area (Å²) in [7, 11) is 0. The third-order valence-electron chi connectivity index (χ3n) is 2.53. The van der Waals surface area contributed by atoms with Gasteiger partial charge in [0.15, 0.2) is 0 Å². The molecule has 2 heterocycles. The van der Waals surface area contributed by atoms with Crippen molar-refractivity contribution in [1.29, 1.82) is 0 Å². The van der Waals surface area contributed by atoms with Gasteiger partial charge in [0.1, 0.15) is 24.9 Å². The molecule has 6 heteroatoms. The SMILES string of the molecule is O=C1OCC2[C@@H](O)[C@H](O)[C@@H](O)CN12. The average Bonchev–Trinajstić information content (AvgIpc) is 2.45. The van der Waals surface area contributed by atoms with Crippen LogP contribution in [0.1, 0.15) is 0 Å². The van der Waals surface area contributed by atoms with E-state index < -0.39 is 30.4 Å². The lowest BCUT2D eigenvalue weighted by Crippen LogP contribution is -2.60. The molecule has 2 rings (SSSR count). The van der Waals surface area contributed by atoms with Crippen molar-refractivity contribution in [3.63, 3.8) is 0 Å². The van der Waals surface area contributed by atoms with E-state index in [1.54, 1.807) is 0 Å². The molecule has 0 spiro atoms. The summed E-state index contributed by atoms with van der Waals surface area (Å²) in [6, 6.07) is -0.522. The van der Waals surface area contributed by atoms with E-state index in [0.29, 0.717) is 0 Å². The second kappa shape index (κ2) is 2.83. The highest BCUT2D eigenvalue weighted by Crippen LogP contribution is 2.24. The molecule has 2 aliphatic rings. The maximum Gasteiger partial charge on any atom is 0.410 e. The predicted molar refractivity (Wildman–Crippen MR) is 39.9 cm³/mol. The number of aliphatic hydroxyl groups excluding tert-OH is 3. The number of amides is 1. The first kappa shape index (κ1) is 8.74. The van der Waals surface area contributed by atoms with Crippen molar-refractivity contribution in [1.82, 2.24) is 4.90 Å². The Kier molecular flexibility index (Phi) is 1.90. The van der Waals surface area contributed by atoms with Crippen molar-refractivity contribution in [2.75, 3.05) is 13.2 Å². The lowest BCUT2D eigenvalue weighted by molar-refractivity contribution is -0.117. The lowest BCUT2D eigenvalue weighted by Gasteiger charge is -2.37. The van der Waals surface area contributed by atoms with Crippen LogP contribution in [0.4, 0.5) is 4.79 Å². The van der Waals surface area contributed by atoms with Gasteiger partial charge in [-0.1, -0.05) is 0 Å². The summed E-state index contributed by atoms with van der Waals surface area (Å²) >= 11 is 0. The highest BCUT2D eigenvalue weighted by molar-refractivity contribution is 5.70. The minimum atomic E-state index is -1.20. The summed E-state index contributed by atoms with van der Waals surface area (Å²) in [4.78, 5) is 12.2. The highest BCUT2D eigenvalue weighted by atomic mass is 16.6. The maximum absolute atomic E-state index is 11.0. The van der Waals surface area contributed by atoms with Crippen LogP contribution in [0, 0.1) is 0 Å². The number of ether oxygens (including phenoxy) is 1. The number of carbonyl (C=O) groups is 1. The quantitative estimate of drug-likeness (QED) is 0.406. The van der Waals surface area contributed by atoms with Gasteiger partial charge in [0.2, 0.25) is 0 Å². The van der Waals surface area contributed by atoms with Crippen LogP contribution in [0.2, 0.25) is 0 Å². The Morgan fingerprint density at radius 2 is 2.00 bits per heavy atom. The summed E-state index contributed by atoms with van der Waals surface area (Å²) in [6.45, 7) is 0.0888. The van der Waals surface area contributed by atoms with Crippen molar-refractivity contribution in [2.45, 2.75) is 24.4 Å². The molecular weight excluding hydrogens is 178 g/mol. The average molecular weight is 189 g/mol. The van der Waals surface area contributed by atoms with Crippen LogP contribution in [0.15, 0.2) is 0 Å². The second-order valence-electron chi connectivity index (χ2n) is 3.35. The second-order valence-corrected chi connectivity index (χ2v) is 3.35. The molecule has 0 aromatic heterocycles. The summed E-state index contributed by atoms with van der Waals surface area (Å²) in [5.41, 5.74) is 0. The Balaban J connectivity index is 2.18. The summed E-state index contributed by atoms with van der Waals surface area (Å²) < 4.78 is 4.67. The van der Waals surface area contributed by atoms with Gasteiger partial charge in [-0.05, 0) is 0 Å². The zero-order chi connectivity index (χ0) is 9.59. The van der Waals surface area contributed by atoms with Crippen molar-refractivity contribution < 1.29 is 24.9 Å². The molecule has 1 amide bonds.